The maximum absolute atomic E-state index is 11.5. The van der Waals surface area contributed by atoms with Crippen LogP contribution in [0.1, 0.15) is 11.1 Å². The lowest BCUT2D eigenvalue weighted by atomic mass is 10.2. The predicted molar refractivity (Wildman–Crippen MR) is 85.3 cm³/mol. The minimum atomic E-state index is -0.824. The van der Waals surface area contributed by atoms with Crippen molar-refractivity contribution in [3.05, 3.63) is 35.4 Å². The molecule has 0 radical (unpaired) electrons. The molecule has 0 spiro atoms. The number of hydrogen-bond acceptors (Lipinski definition) is 4. The number of aryl methyl sites for hydroxylation is 1. The van der Waals surface area contributed by atoms with Crippen molar-refractivity contribution in [2.24, 2.45) is 0 Å². The van der Waals surface area contributed by atoms with Gasteiger partial charge in [-0.05, 0) is 12.5 Å². The molecule has 1 rings (SSSR count). The van der Waals surface area contributed by atoms with Gasteiger partial charge in [-0.2, -0.15) is 0 Å². The second-order valence-corrected chi connectivity index (χ2v) is 6.37. The first-order chi connectivity index (χ1) is 9.58. The highest BCUT2D eigenvalue weighted by molar-refractivity contribution is 8.00. The molecule has 4 nitrogen and oxygen atoms in total. The molecule has 0 aliphatic heterocycles. The van der Waals surface area contributed by atoms with Crippen LogP contribution in [0, 0.1) is 6.92 Å². The summed E-state index contributed by atoms with van der Waals surface area (Å²) in [6.45, 7) is 2.57. The minimum Gasteiger partial charge on any atom is -0.481 e. The van der Waals surface area contributed by atoms with Crippen LogP contribution in [0.15, 0.2) is 24.3 Å². The summed E-state index contributed by atoms with van der Waals surface area (Å²) in [7, 11) is 0. The van der Waals surface area contributed by atoms with Crippen molar-refractivity contribution in [2.75, 3.05) is 23.8 Å². The smallest absolute Gasteiger partial charge is 0.313 e. The first-order valence-corrected chi connectivity index (χ1v) is 8.58. The van der Waals surface area contributed by atoms with E-state index in [0.29, 0.717) is 18.1 Å². The number of benzene rings is 1. The van der Waals surface area contributed by atoms with E-state index in [2.05, 4.69) is 30.4 Å². The van der Waals surface area contributed by atoms with Crippen LogP contribution >= 0.6 is 23.5 Å². The fraction of sp³-hybridized carbons (Fsp3) is 0.429. The summed E-state index contributed by atoms with van der Waals surface area (Å²) < 4.78 is 0. The maximum Gasteiger partial charge on any atom is 0.313 e. The molecule has 0 aliphatic rings. The molecular formula is C14H19NO3S2. The van der Waals surface area contributed by atoms with Crippen molar-refractivity contribution in [1.29, 1.82) is 0 Å². The normalized spacial score (nSPS) is 10.2. The molecular weight excluding hydrogens is 294 g/mol. The molecule has 0 saturated heterocycles. The Kier molecular flexibility index (Phi) is 8.22. The summed E-state index contributed by atoms with van der Waals surface area (Å²) in [6, 6.07) is 8.24. The number of nitrogens with one attached hydrogen (secondary N) is 1. The zero-order valence-corrected chi connectivity index (χ0v) is 13.1. The van der Waals surface area contributed by atoms with Gasteiger partial charge in [0.2, 0.25) is 5.91 Å². The molecule has 0 saturated carbocycles. The van der Waals surface area contributed by atoms with Crippen LogP contribution in [-0.2, 0) is 15.3 Å². The molecule has 0 aromatic heterocycles. The summed E-state index contributed by atoms with van der Waals surface area (Å²) in [5.74, 6) is 1.13. The monoisotopic (exact) mass is 313 g/mol. The third-order valence-corrected chi connectivity index (χ3v) is 4.33. The minimum absolute atomic E-state index is 0.00132. The van der Waals surface area contributed by atoms with Gasteiger partial charge in [0.25, 0.3) is 0 Å². The average Bonchev–Trinajstić information content (AvgIpc) is 2.38. The summed E-state index contributed by atoms with van der Waals surface area (Å²) in [5.41, 5.74) is 2.45. The molecule has 0 atom stereocenters. The lowest BCUT2D eigenvalue weighted by Crippen LogP contribution is -2.27. The van der Waals surface area contributed by atoms with E-state index in [1.807, 2.05) is 6.07 Å². The van der Waals surface area contributed by atoms with E-state index in [4.69, 9.17) is 5.11 Å². The third-order valence-electron chi connectivity index (χ3n) is 2.38. The predicted octanol–water partition coefficient (Wildman–Crippen LogP) is 2.16. The van der Waals surface area contributed by atoms with Gasteiger partial charge in [-0.1, -0.05) is 29.8 Å². The molecule has 0 aliphatic carbocycles. The number of amides is 1. The van der Waals surface area contributed by atoms with Gasteiger partial charge in [0.05, 0.1) is 11.5 Å². The fourth-order valence-electron chi connectivity index (χ4n) is 1.54. The molecule has 0 unspecified atom stereocenters. The molecule has 1 amide bonds. The fourth-order valence-corrected chi connectivity index (χ4v) is 2.91. The number of carbonyl (C=O) groups excluding carboxylic acids is 1. The van der Waals surface area contributed by atoms with E-state index >= 15 is 0 Å². The van der Waals surface area contributed by atoms with Gasteiger partial charge in [0.15, 0.2) is 0 Å². The number of aliphatic carboxylic acids is 1. The van der Waals surface area contributed by atoms with Crippen molar-refractivity contribution in [2.45, 2.75) is 12.7 Å². The average molecular weight is 313 g/mol. The number of hydrogen-bond donors (Lipinski definition) is 2. The standard InChI is InChI=1S/C14H19NO3S2/c1-11-3-2-4-12(7-11)8-20-9-13(16)15-5-6-19-10-14(17)18/h2-4,7H,5-6,8-10H2,1H3,(H,15,16)(H,17,18). The van der Waals surface area contributed by atoms with Gasteiger partial charge in [-0.25, -0.2) is 0 Å². The molecule has 0 bridgehead atoms. The van der Waals surface area contributed by atoms with Gasteiger partial charge < -0.3 is 10.4 Å². The van der Waals surface area contributed by atoms with E-state index < -0.39 is 5.97 Å². The van der Waals surface area contributed by atoms with Crippen molar-refractivity contribution in [3.63, 3.8) is 0 Å². The van der Waals surface area contributed by atoms with E-state index in [1.165, 1.54) is 22.9 Å². The van der Waals surface area contributed by atoms with Crippen molar-refractivity contribution in [3.8, 4) is 0 Å². The van der Waals surface area contributed by atoms with Crippen LogP contribution in [-0.4, -0.2) is 40.8 Å². The highest BCUT2D eigenvalue weighted by atomic mass is 32.2. The van der Waals surface area contributed by atoms with E-state index in [0.717, 1.165) is 5.75 Å². The number of carbonyl (C=O) groups is 2. The Morgan fingerprint density at radius 2 is 2.05 bits per heavy atom. The number of rotatable bonds is 9. The van der Waals surface area contributed by atoms with Crippen molar-refractivity contribution in [1.82, 2.24) is 5.32 Å². The van der Waals surface area contributed by atoms with Gasteiger partial charge in [0.1, 0.15) is 0 Å². The van der Waals surface area contributed by atoms with Gasteiger partial charge >= 0.3 is 5.97 Å². The number of carboxylic acids is 1. The molecule has 0 heterocycles. The molecule has 1 aromatic rings. The Balaban J connectivity index is 2.07. The lowest BCUT2D eigenvalue weighted by Gasteiger charge is -2.05. The summed E-state index contributed by atoms with van der Waals surface area (Å²) >= 11 is 2.88. The summed E-state index contributed by atoms with van der Waals surface area (Å²) in [5, 5.41) is 11.2. The Bertz CT molecular complexity index is 452. The van der Waals surface area contributed by atoms with Crippen LogP contribution in [0.5, 0.6) is 0 Å². The SMILES string of the molecule is Cc1cccc(CSCC(=O)NCCSCC(=O)O)c1. The van der Waals surface area contributed by atoms with Gasteiger partial charge in [-0.15, -0.1) is 23.5 Å². The number of carboxylic acid groups (broad SMARTS) is 1. The zero-order valence-electron chi connectivity index (χ0n) is 11.4. The van der Waals surface area contributed by atoms with E-state index in [1.54, 1.807) is 11.8 Å². The molecule has 6 heteroatoms. The zero-order chi connectivity index (χ0) is 14.8. The topological polar surface area (TPSA) is 66.4 Å². The van der Waals surface area contributed by atoms with Crippen LogP contribution in [0.3, 0.4) is 0 Å². The number of thioether (sulfide) groups is 2. The second-order valence-electron chi connectivity index (χ2n) is 4.28. The van der Waals surface area contributed by atoms with Crippen LogP contribution in [0.4, 0.5) is 0 Å². The Labute approximate surface area is 127 Å². The van der Waals surface area contributed by atoms with Gasteiger partial charge in [-0.3, -0.25) is 9.59 Å². The van der Waals surface area contributed by atoms with E-state index in [-0.39, 0.29) is 11.7 Å². The first-order valence-electron chi connectivity index (χ1n) is 6.27. The molecule has 110 valence electrons. The Hall–Kier alpha value is -1.14. The lowest BCUT2D eigenvalue weighted by molar-refractivity contribution is -0.133. The van der Waals surface area contributed by atoms with Crippen molar-refractivity contribution < 1.29 is 14.7 Å². The quantitative estimate of drug-likeness (QED) is 0.684. The molecule has 20 heavy (non-hydrogen) atoms. The highest BCUT2D eigenvalue weighted by Crippen LogP contribution is 2.13. The second kappa shape index (κ2) is 9.72. The Morgan fingerprint density at radius 1 is 1.25 bits per heavy atom. The molecule has 1 aromatic carbocycles. The van der Waals surface area contributed by atoms with Crippen LogP contribution < -0.4 is 5.32 Å². The third kappa shape index (κ3) is 8.12. The maximum atomic E-state index is 11.5. The highest BCUT2D eigenvalue weighted by Gasteiger charge is 2.02. The van der Waals surface area contributed by atoms with E-state index in [9.17, 15) is 9.59 Å². The van der Waals surface area contributed by atoms with Crippen LogP contribution in [0.2, 0.25) is 0 Å². The molecule has 2 N–H and O–H groups in total. The van der Waals surface area contributed by atoms with Gasteiger partial charge in [0, 0.05) is 18.1 Å². The van der Waals surface area contributed by atoms with Crippen molar-refractivity contribution >= 4 is 35.4 Å². The summed E-state index contributed by atoms with van der Waals surface area (Å²) in [6.07, 6.45) is 0. The first kappa shape index (κ1) is 16.9. The summed E-state index contributed by atoms with van der Waals surface area (Å²) in [4.78, 5) is 21.8. The molecule has 0 fully saturated rings. The largest absolute Gasteiger partial charge is 0.481 e. The van der Waals surface area contributed by atoms with Crippen LogP contribution in [0.25, 0.3) is 0 Å². The Morgan fingerprint density at radius 3 is 2.75 bits per heavy atom.